The van der Waals surface area contributed by atoms with Crippen molar-refractivity contribution in [1.29, 1.82) is 0 Å². The van der Waals surface area contributed by atoms with Crippen molar-refractivity contribution in [2.45, 2.75) is 26.3 Å². The molecule has 0 radical (unpaired) electrons. The van der Waals surface area contributed by atoms with E-state index >= 15 is 0 Å². The third kappa shape index (κ3) is 4.91. The normalized spacial score (nSPS) is 11.3. The first-order valence-corrected chi connectivity index (χ1v) is 4.72. The zero-order valence-electron chi connectivity index (χ0n) is 8.99. The molecule has 5 nitrogen and oxygen atoms in total. The quantitative estimate of drug-likeness (QED) is 0.652. The Kier molecular flexibility index (Phi) is 5.95. The van der Waals surface area contributed by atoms with E-state index in [0.29, 0.717) is 6.42 Å². The van der Waals surface area contributed by atoms with Crippen LogP contribution in [0.3, 0.4) is 0 Å². The van der Waals surface area contributed by atoms with E-state index in [2.05, 4.69) is 11.2 Å². The Hall–Kier alpha value is -1.70. The fourth-order valence-electron chi connectivity index (χ4n) is 1.02. The van der Waals surface area contributed by atoms with Gasteiger partial charge in [-0.25, -0.2) is 4.79 Å². The number of terminal acetylenes is 1. The summed E-state index contributed by atoms with van der Waals surface area (Å²) in [7, 11) is 0. The first-order chi connectivity index (χ1) is 7.02. The van der Waals surface area contributed by atoms with E-state index < -0.39 is 12.0 Å². The van der Waals surface area contributed by atoms with E-state index in [1.54, 1.807) is 6.92 Å². The summed E-state index contributed by atoms with van der Waals surface area (Å²) in [6, 6.07) is -0.566. The van der Waals surface area contributed by atoms with Crippen molar-refractivity contribution in [3.63, 3.8) is 0 Å². The Morgan fingerprint density at radius 2 is 2.20 bits per heavy atom. The largest absolute Gasteiger partial charge is 0.480 e. The molecule has 0 rings (SSSR count). The van der Waals surface area contributed by atoms with E-state index in [9.17, 15) is 9.59 Å². The lowest BCUT2D eigenvalue weighted by molar-refractivity contribution is -0.138. The minimum absolute atomic E-state index is 0.103. The molecule has 15 heavy (non-hydrogen) atoms. The van der Waals surface area contributed by atoms with Gasteiger partial charge in [0.15, 0.2) is 0 Å². The van der Waals surface area contributed by atoms with Gasteiger partial charge in [-0.2, -0.15) is 0 Å². The molecule has 2 amide bonds. The van der Waals surface area contributed by atoms with Crippen LogP contribution < -0.4 is 5.32 Å². The minimum Gasteiger partial charge on any atom is -0.480 e. The van der Waals surface area contributed by atoms with Crippen LogP contribution in [0.4, 0.5) is 4.79 Å². The molecular formula is C10H16N2O3. The smallest absolute Gasteiger partial charge is 0.323 e. The van der Waals surface area contributed by atoms with Crippen molar-refractivity contribution in [2.24, 2.45) is 0 Å². The third-order valence-electron chi connectivity index (χ3n) is 2.03. The van der Waals surface area contributed by atoms with Gasteiger partial charge in [0.25, 0.3) is 0 Å². The number of rotatable bonds is 5. The average molecular weight is 212 g/mol. The SMILES string of the molecule is C#CCNC(=O)N(CC(=O)O)C(C)CC. The maximum Gasteiger partial charge on any atom is 0.323 e. The molecule has 0 aromatic carbocycles. The molecule has 0 aliphatic heterocycles. The Labute approximate surface area is 89.4 Å². The molecule has 1 atom stereocenters. The van der Waals surface area contributed by atoms with Gasteiger partial charge in [0, 0.05) is 6.04 Å². The van der Waals surface area contributed by atoms with Crippen LogP contribution in [0.25, 0.3) is 0 Å². The standard InChI is InChI=1S/C10H16N2O3/c1-4-6-11-10(15)12(7-9(13)14)8(3)5-2/h1,8H,5-7H2,2-3H3,(H,11,15)(H,13,14). The predicted octanol–water partition coefficient (Wildman–Crippen LogP) is 0.514. The van der Waals surface area contributed by atoms with Gasteiger partial charge >= 0.3 is 12.0 Å². The fourth-order valence-corrected chi connectivity index (χ4v) is 1.02. The van der Waals surface area contributed by atoms with Gasteiger partial charge in [0.05, 0.1) is 6.54 Å². The minimum atomic E-state index is -1.04. The van der Waals surface area contributed by atoms with Crippen LogP contribution in [0, 0.1) is 12.3 Å². The molecule has 84 valence electrons. The van der Waals surface area contributed by atoms with Crippen molar-refractivity contribution < 1.29 is 14.7 Å². The summed E-state index contributed by atoms with van der Waals surface area (Å²) in [5.41, 5.74) is 0. The first-order valence-electron chi connectivity index (χ1n) is 4.72. The van der Waals surface area contributed by atoms with Gasteiger partial charge in [0.1, 0.15) is 6.54 Å². The van der Waals surface area contributed by atoms with Crippen LogP contribution in [0.2, 0.25) is 0 Å². The lowest BCUT2D eigenvalue weighted by Gasteiger charge is -2.26. The molecule has 0 spiro atoms. The highest BCUT2D eigenvalue weighted by Crippen LogP contribution is 2.03. The second kappa shape index (κ2) is 6.71. The van der Waals surface area contributed by atoms with E-state index in [1.807, 2.05) is 6.92 Å². The number of aliphatic carboxylic acids is 1. The van der Waals surface area contributed by atoms with Gasteiger partial charge in [-0.3, -0.25) is 4.79 Å². The van der Waals surface area contributed by atoms with Crippen LogP contribution in [-0.4, -0.2) is 41.1 Å². The number of amides is 2. The molecule has 0 aliphatic carbocycles. The van der Waals surface area contributed by atoms with Crippen molar-refractivity contribution in [1.82, 2.24) is 10.2 Å². The highest BCUT2D eigenvalue weighted by atomic mass is 16.4. The second-order valence-corrected chi connectivity index (χ2v) is 3.14. The van der Waals surface area contributed by atoms with E-state index in [-0.39, 0.29) is 19.1 Å². The molecule has 2 N–H and O–H groups in total. The number of carboxylic acids is 1. The fraction of sp³-hybridized carbons (Fsp3) is 0.600. The summed E-state index contributed by atoms with van der Waals surface area (Å²) in [5, 5.41) is 11.1. The summed E-state index contributed by atoms with van der Waals surface area (Å²) in [6.07, 6.45) is 5.68. The van der Waals surface area contributed by atoms with Crippen LogP contribution in [0.15, 0.2) is 0 Å². The van der Waals surface area contributed by atoms with Gasteiger partial charge in [-0.15, -0.1) is 6.42 Å². The lowest BCUT2D eigenvalue weighted by atomic mass is 10.2. The summed E-state index contributed by atoms with van der Waals surface area (Å²) < 4.78 is 0. The number of carboxylic acid groups (broad SMARTS) is 1. The van der Waals surface area contributed by atoms with Crippen LogP contribution in [-0.2, 0) is 4.79 Å². The lowest BCUT2D eigenvalue weighted by Crippen LogP contribution is -2.47. The molecular weight excluding hydrogens is 196 g/mol. The van der Waals surface area contributed by atoms with Crippen molar-refractivity contribution in [3.8, 4) is 12.3 Å². The molecule has 1 unspecified atom stereocenters. The monoisotopic (exact) mass is 212 g/mol. The molecule has 0 bridgehead atoms. The maximum atomic E-state index is 11.5. The zero-order chi connectivity index (χ0) is 11.8. The van der Waals surface area contributed by atoms with Gasteiger partial charge < -0.3 is 15.3 Å². The van der Waals surface area contributed by atoms with Crippen LogP contribution in [0.1, 0.15) is 20.3 Å². The predicted molar refractivity (Wildman–Crippen MR) is 56.3 cm³/mol. The first kappa shape index (κ1) is 13.3. The molecule has 0 aromatic rings. The molecule has 0 aliphatic rings. The second-order valence-electron chi connectivity index (χ2n) is 3.14. The molecule has 0 fully saturated rings. The van der Waals surface area contributed by atoms with Crippen LogP contribution in [0.5, 0.6) is 0 Å². The highest BCUT2D eigenvalue weighted by molar-refractivity contribution is 5.80. The number of urea groups is 1. The molecule has 0 saturated carbocycles. The van der Waals surface area contributed by atoms with Gasteiger partial charge in [0.2, 0.25) is 0 Å². The summed E-state index contributed by atoms with van der Waals surface area (Å²) >= 11 is 0. The van der Waals surface area contributed by atoms with E-state index in [4.69, 9.17) is 11.5 Å². The van der Waals surface area contributed by atoms with Gasteiger partial charge in [-0.1, -0.05) is 12.8 Å². The Morgan fingerprint density at radius 3 is 2.60 bits per heavy atom. The number of hydrogen-bond donors (Lipinski definition) is 2. The van der Waals surface area contributed by atoms with Gasteiger partial charge in [-0.05, 0) is 13.3 Å². The Balaban J connectivity index is 4.41. The summed E-state index contributed by atoms with van der Waals surface area (Å²) in [5.74, 6) is 1.22. The highest BCUT2D eigenvalue weighted by Gasteiger charge is 2.20. The third-order valence-corrected chi connectivity index (χ3v) is 2.03. The number of hydrogen-bond acceptors (Lipinski definition) is 2. The van der Waals surface area contributed by atoms with Crippen molar-refractivity contribution in [3.05, 3.63) is 0 Å². The van der Waals surface area contributed by atoms with Crippen molar-refractivity contribution >= 4 is 12.0 Å². The zero-order valence-corrected chi connectivity index (χ0v) is 8.99. The number of carbonyl (C=O) groups excluding carboxylic acids is 1. The number of nitrogens with zero attached hydrogens (tertiary/aromatic N) is 1. The average Bonchev–Trinajstić information content (AvgIpc) is 2.21. The van der Waals surface area contributed by atoms with Crippen LogP contribution >= 0.6 is 0 Å². The van der Waals surface area contributed by atoms with Crippen molar-refractivity contribution in [2.75, 3.05) is 13.1 Å². The Morgan fingerprint density at radius 1 is 1.60 bits per heavy atom. The van der Waals surface area contributed by atoms with E-state index in [0.717, 1.165) is 0 Å². The topological polar surface area (TPSA) is 69.6 Å². The molecule has 0 heterocycles. The molecule has 0 saturated heterocycles. The molecule has 5 heteroatoms. The summed E-state index contributed by atoms with van der Waals surface area (Å²) in [4.78, 5) is 23.3. The Bertz CT molecular complexity index is 270. The molecule has 0 aromatic heterocycles. The number of nitrogens with one attached hydrogen (secondary N) is 1. The number of carbonyl (C=O) groups is 2. The maximum absolute atomic E-state index is 11.5. The summed E-state index contributed by atoms with van der Waals surface area (Å²) in [6.45, 7) is 3.46. The van der Waals surface area contributed by atoms with E-state index in [1.165, 1.54) is 4.90 Å².